The van der Waals surface area contributed by atoms with Crippen LogP contribution >= 0.6 is 15.9 Å². The molecular weight excluding hydrogens is 508 g/mol. The Labute approximate surface area is 211 Å². The zero-order valence-corrected chi connectivity index (χ0v) is 21.3. The van der Waals surface area contributed by atoms with Crippen molar-refractivity contribution in [3.8, 4) is 0 Å². The summed E-state index contributed by atoms with van der Waals surface area (Å²) in [6, 6.07) is 17.9. The summed E-state index contributed by atoms with van der Waals surface area (Å²) in [4.78, 5) is 34.0. The lowest BCUT2D eigenvalue weighted by molar-refractivity contribution is 0.495. The summed E-state index contributed by atoms with van der Waals surface area (Å²) in [6.45, 7) is 2.22. The fraction of sp³-hybridized carbons (Fsp3) is 0.346. The number of anilines is 1. The maximum atomic E-state index is 13.8. The van der Waals surface area contributed by atoms with Crippen LogP contribution in [-0.2, 0) is 26.6 Å². The lowest BCUT2D eigenvalue weighted by Crippen LogP contribution is -2.44. The van der Waals surface area contributed by atoms with Crippen molar-refractivity contribution in [2.24, 2.45) is 12.8 Å². The molecule has 2 aromatic heterocycles. The van der Waals surface area contributed by atoms with Gasteiger partial charge in [0.2, 0.25) is 5.95 Å². The van der Waals surface area contributed by atoms with E-state index in [1.165, 1.54) is 9.13 Å². The number of hydrogen-bond donors (Lipinski definition) is 1. The number of aromatic nitrogens is 4. The summed E-state index contributed by atoms with van der Waals surface area (Å²) in [6.07, 6.45) is 2.51. The largest absolute Gasteiger partial charge is 0.341 e. The van der Waals surface area contributed by atoms with E-state index in [4.69, 9.17) is 10.7 Å². The number of aryl methyl sites for hydroxylation is 2. The molecule has 35 heavy (non-hydrogen) atoms. The molecule has 0 aliphatic carbocycles. The summed E-state index contributed by atoms with van der Waals surface area (Å²) in [5.41, 5.74) is 8.55. The Bertz CT molecular complexity index is 1470. The first kappa shape index (κ1) is 23.6. The predicted octanol–water partition coefficient (Wildman–Crippen LogP) is 2.88. The standard InChI is InChI=1S/C26H29BrN6O2/c1-30-23-22(24(34)32(26(30)35)15-13-18-8-3-2-4-9-18)33(16-19-10-5-6-12-21(19)27)25(29-23)31-14-7-11-20(28)17-31/h2-6,8-10,12,20H,7,11,13-17,28H2,1H3/t20-/m1/s1. The number of nitrogens with two attached hydrogens (primary N) is 1. The van der Waals surface area contributed by atoms with Crippen LogP contribution in [0.1, 0.15) is 24.0 Å². The summed E-state index contributed by atoms with van der Waals surface area (Å²) >= 11 is 3.64. The number of piperidine rings is 1. The average molecular weight is 537 g/mol. The highest BCUT2D eigenvalue weighted by atomic mass is 79.9. The van der Waals surface area contributed by atoms with E-state index < -0.39 is 0 Å². The van der Waals surface area contributed by atoms with Gasteiger partial charge in [-0.1, -0.05) is 64.5 Å². The lowest BCUT2D eigenvalue weighted by Gasteiger charge is -2.32. The molecule has 3 heterocycles. The van der Waals surface area contributed by atoms with Gasteiger partial charge in [-0.15, -0.1) is 0 Å². The normalized spacial score (nSPS) is 16.2. The second-order valence-electron chi connectivity index (χ2n) is 9.14. The molecular formula is C26H29BrN6O2. The van der Waals surface area contributed by atoms with Crippen LogP contribution in [0.5, 0.6) is 0 Å². The average Bonchev–Trinajstić information content (AvgIpc) is 3.24. The van der Waals surface area contributed by atoms with Gasteiger partial charge in [-0.25, -0.2) is 4.79 Å². The number of halogens is 1. The minimum atomic E-state index is -0.356. The number of fused-ring (bicyclic) bond motifs is 1. The van der Waals surface area contributed by atoms with E-state index in [-0.39, 0.29) is 17.3 Å². The van der Waals surface area contributed by atoms with E-state index >= 15 is 0 Å². The topological polar surface area (TPSA) is 91.1 Å². The molecule has 0 radical (unpaired) electrons. The zero-order chi connectivity index (χ0) is 24.5. The van der Waals surface area contributed by atoms with Gasteiger partial charge in [-0.05, 0) is 36.5 Å². The molecule has 1 fully saturated rings. The van der Waals surface area contributed by atoms with Crippen molar-refractivity contribution in [2.75, 3.05) is 18.0 Å². The highest BCUT2D eigenvalue weighted by Crippen LogP contribution is 2.26. The van der Waals surface area contributed by atoms with Crippen molar-refractivity contribution < 1.29 is 0 Å². The van der Waals surface area contributed by atoms with Gasteiger partial charge in [0.25, 0.3) is 5.56 Å². The minimum Gasteiger partial charge on any atom is -0.341 e. The molecule has 5 rings (SSSR count). The summed E-state index contributed by atoms with van der Waals surface area (Å²) in [7, 11) is 1.69. The summed E-state index contributed by atoms with van der Waals surface area (Å²) < 4.78 is 5.73. The number of rotatable bonds is 6. The van der Waals surface area contributed by atoms with Crippen LogP contribution in [0, 0.1) is 0 Å². The van der Waals surface area contributed by atoms with Gasteiger partial charge in [0.1, 0.15) is 0 Å². The Balaban J connectivity index is 1.67. The highest BCUT2D eigenvalue weighted by Gasteiger charge is 2.26. The van der Waals surface area contributed by atoms with Crippen LogP contribution in [0.3, 0.4) is 0 Å². The van der Waals surface area contributed by atoms with Crippen LogP contribution in [0.15, 0.2) is 68.7 Å². The Morgan fingerprint density at radius 1 is 1.06 bits per heavy atom. The Hall–Kier alpha value is -3.17. The number of benzene rings is 2. The second-order valence-corrected chi connectivity index (χ2v) is 10.00. The number of imidazole rings is 1. The van der Waals surface area contributed by atoms with Crippen molar-refractivity contribution in [3.05, 3.63) is 91.0 Å². The third-order valence-corrected chi connectivity index (χ3v) is 7.48. The molecule has 2 N–H and O–H groups in total. The van der Waals surface area contributed by atoms with E-state index in [0.29, 0.717) is 43.2 Å². The monoisotopic (exact) mass is 536 g/mol. The van der Waals surface area contributed by atoms with Crippen LogP contribution in [0.2, 0.25) is 0 Å². The van der Waals surface area contributed by atoms with Gasteiger partial charge in [-0.3, -0.25) is 18.5 Å². The fourth-order valence-corrected chi connectivity index (χ4v) is 5.23. The molecule has 182 valence electrons. The molecule has 4 aromatic rings. The van der Waals surface area contributed by atoms with Crippen molar-refractivity contribution in [1.29, 1.82) is 0 Å². The predicted molar refractivity (Wildman–Crippen MR) is 142 cm³/mol. The molecule has 0 saturated carbocycles. The minimum absolute atomic E-state index is 0.0480. The van der Waals surface area contributed by atoms with Crippen LogP contribution in [0.25, 0.3) is 11.2 Å². The fourth-order valence-electron chi connectivity index (χ4n) is 4.82. The van der Waals surface area contributed by atoms with E-state index in [0.717, 1.165) is 35.0 Å². The SMILES string of the molecule is Cn1c(=O)n(CCc2ccccc2)c(=O)c2c1nc(N1CCC[C@@H](N)C1)n2Cc1ccccc1Br. The highest BCUT2D eigenvalue weighted by molar-refractivity contribution is 9.10. The van der Waals surface area contributed by atoms with Crippen molar-refractivity contribution in [2.45, 2.75) is 38.4 Å². The van der Waals surface area contributed by atoms with E-state index in [2.05, 4.69) is 20.8 Å². The Morgan fingerprint density at radius 2 is 1.80 bits per heavy atom. The second kappa shape index (κ2) is 9.83. The van der Waals surface area contributed by atoms with Gasteiger partial charge >= 0.3 is 5.69 Å². The van der Waals surface area contributed by atoms with Crippen molar-refractivity contribution in [3.63, 3.8) is 0 Å². The van der Waals surface area contributed by atoms with Crippen LogP contribution in [-0.4, -0.2) is 37.8 Å². The van der Waals surface area contributed by atoms with Gasteiger partial charge in [0, 0.05) is 37.2 Å². The molecule has 9 heteroatoms. The first-order chi connectivity index (χ1) is 16.9. The molecule has 1 atom stereocenters. The van der Waals surface area contributed by atoms with Gasteiger partial charge in [0.05, 0.1) is 6.54 Å². The van der Waals surface area contributed by atoms with Crippen molar-refractivity contribution >= 4 is 33.0 Å². The van der Waals surface area contributed by atoms with Crippen molar-refractivity contribution in [1.82, 2.24) is 18.7 Å². The Morgan fingerprint density at radius 3 is 2.54 bits per heavy atom. The molecule has 1 aliphatic rings. The molecule has 1 aliphatic heterocycles. The Kier molecular flexibility index (Phi) is 6.62. The third kappa shape index (κ3) is 4.58. The van der Waals surface area contributed by atoms with Gasteiger partial charge in [0.15, 0.2) is 11.2 Å². The first-order valence-corrected chi connectivity index (χ1v) is 12.7. The molecule has 0 amide bonds. The first-order valence-electron chi connectivity index (χ1n) is 11.9. The lowest BCUT2D eigenvalue weighted by atomic mass is 10.1. The molecule has 0 bridgehead atoms. The van der Waals surface area contributed by atoms with Gasteiger partial charge < -0.3 is 10.6 Å². The number of hydrogen-bond acceptors (Lipinski definition) is 5. The smallest absolute Gasteiger partial charge is 0.332 e. The quantitative estimate of drug-likeness (QED) is 0.409. The summed E-state index contributed by atoms with van der Waals surface area (Å²) in [5, 5.41) is 0. The molecule has 0 spiro atoms. The van der Waals surface area contributed by atoms with Crippen LogP contribution in [0.4, 0.5) is 5.95 Å². The van der Waals surface area contributed by atoms with Gasteiger partial charge in [-0.2, -0.15) is 4.98 Å². The van der Waals surface area contributed by atoms with E-state index in [9.17, 15) is 9.59 Å². The number of nitrogens with zero attached hydrogens (tertiary/aromatic N) is 5. The molecule has 2 aromatic carbocycles. The maximum Gasteiger partial charge on any atom is 0.332 e. The third-order valence-electron chi connectivity index (χ3n) is 6.71. The van der Waals surface area contributed by atoms with Crippen LogP contribution < -0.4 is 21.9 Å². The molecule has 8 nitrogen and oxygen atoms in total. The molecule has 0 unspecified atom stereocenters. The van der Waals surface area contributed by atoms with E-state index in [1.807, 2.05) is 59.2 Å². The maximum absolute atomic E-state index is 13.8. The summed E-state index contributed by atoms with van der Waals surface area (Å²) in [5.74, 6) is 0.679. The molecule has 1 saturated heterocycles. The van der Waals surface area contributed by atoms with E-state index in [1.54, 1.807) is 7.05 Å². The zero-order valence-electron chi connectivity index (χ0n) is 19.7.